The summed E-state index contributed by atoms with van der Waals surface area (Å²) in [6.07, 6.45) is 7.93. The van der Waals surface area contributed by atoms with Gasteiger partial charge in [0.2, 0.25) is 0 Å². The number of benzene rings is 1. The van der Waals surface area contributed by atoms with E-state index in [4.69, 9.17) is 4.74 Å². The van der Waals surface area contributed by atoms with Crippen LogP contribution in [0.2, 0.25) is 0 Å². The van der Waals surface area contributed by atoms with Crippen molar-refractivity contribution in [2.45, 2.75) is 39.0 Å². The van der Waals surface area contributed by atoms with Gasteiger partial charge in [-0.2, -0.15) is 0 Å². The van der Waals surface area contributed by atoms with Crippen LogP contribution in [0.25, 0.3) is 0 Å². The summed E-state index contributed by atoms with van der Waals surface area (Å²) in [7, 11) is 0. The molecule has 3 nitrogen and oxygen atoms in total. The highest BCUT2D eigenvalue weighted by atomic mass is 19.1. The minimum atomic E-state index is -0.500. The fourth-order valence-electron chi connectivity index (χ4n) is 2.48. The average molecular weight is 291 g/mol. The van der Waals surface area contributed by atoms with Crippen LogP contribution in [0.4, 0.5) is 4.39 Å². The molecule has 1 N–H and O–H groups in total. The summed E-state index contributed by atoms with van der Waals surface area (Å²) in [5.41, 5.74) is 1.74. The molecule has 0 heterocycles. The van der Waals surface area contributed by atoms with E-state index in [0.717, 1.165) is 19.3 Å². The van der Waals surface area contributed by atoms with Crippen molar-refractivity contribution in [1.29, 1.82) is 0 Å². The summed E-state index contributed by atoms with van der Waals surface area (Å²) in [5, 5.41) is 2.84. The quantitative estimate of drug-likeness (QED) is 0.809. The highest BCUT2D eigenvalue weighted by Gasteiger charge is 2.10. The summed E-state index contributed by atoms with van der Waals surface area (Å²) in [6.45, 7) is 2.79. The molecule has 0 aliphatic heterocycles. The molecule has 21 heavy (non-hydrogen) atoms. The molecule has 1 aromatic rings. The van der Waals surface area contributed by atoms with E-state index < -0.39 is 5.82 Å². The van der Waals surface area contributed by atoms with Gasteiger partial charge in [-0.05, 0) is 57.2 Å². The van der Waals surface area contributed by atoms with Crippen LogP contribution in [-0.4, -0.2) is 19.1 Å². The van der Waals surface area contributed by atoms with Crippen LogP contribution >= 0.6 is 0 Å². The fraction of sp³-hybridized carbons (Fsp3) is 0.471. The van der Waals surface area contributed by atoms with Gasteiger partial charge in [0, 0.05) is 12.1 Å². The SMILES string of the molecule is CCOc1ccc(C(=O)NCCC2=CCCCC2)cc1F. The molecule has 4 heteroatoms. The first-order valence-electron chi connectivity index (χ1n) is 7.59. The molecule has 0 saturated carbocycles. The van der Waals surface area contributed by atoms with E-state index in [1.165, 1.54) is 30.5 Å². The second-order valence-electron chi connectivity index (χ2n) is 5.19. The first-order valence-corrected chi connectivity index (χ1v) is 7.59. The summed E-state index contributed by atoms with van der Waals surface area (Å²) in [5.74, 6) is -0.561. The molecule has 0 fully saturated rings. The van der Waals surface area contributed by atoms with Crippen molar-refractivity contribution in [1.82, 2.24) is 5.32 Å². The number of nitrogens with one attached hydrogen (secondary N) is 1. The molecule has 0 aromatic heterocycles. The maximum Gasteiger partial charge on any atom is 0.251 e. The highest BCUT2D eigenvalue weighted by molar-refractivity contribution is 5.94. The van der Waals surface area contributed by atoms with E-state index in [9.17, 15) is 9.18 Å². The number of halogens is 1. The van der Waals surface area contributed by atoms with Gasteiger partial charge in [-0.15, -0.1) is 0 Å². The number of carbonyl (C=O) groups excluding carboxylic acids is 1. The Morgan fingerprint density at radius 3 is 2.90 bits per heavy atom. The standard InChI is InChI=1S/C17H22FNO2/c1-2-21-16-9-8-14(12-15(16)18)17(20)19-11-10-13-6-4-3-5-7-13/h6,8-9,12H,2-5,7,10-11H2,1H3,(H,19,20). The lowest BCUT2D eigenvalue weighted by molar-refractivity contribution is 0.0953. The lowest BCUT2D eigenvalue weighted by atomic mass is 9.97. The zero-order valence-corrected chi connectivity index (χ0v) is 12.5. The Balaban J connectivity index is 1.85. The summed E-state index contributed by atoms with van der Waals surface area (Å²) in [6, 6.07) is 4.31. The van der Waals surface area contributed by atoms with E-state index in [1.54, 1.807) is 13.0 Å². The van der Waals surface area contributed by atoms with Gasteiger partial charge in [-0.3, -0.25) is 4.79 Å². The predicted molar refractivity (Wildman–Crippen MR) is 81.1 cm³/mol. The number of allylic oxidation sites excluding steroid dienone is 1. The Labute approximate surface area is 125 Å². The maximum absolute atomic E-state index is 13.7. The molecule has 0 radical (unpaired) electrons. The number of amides is 1. The monoisotopic (exact) mass is 291 g/mol. The zero-order valence-electron chi connectivity index (χ0n) is 12.5. The van der Waals surface area contributed by atoms with E-state index in [2.05, 4.69) is 11.4 Å². The average Bonchev–Trinajstić information content (AvgIpc) is 2.50. The fourth-order valence-corrected chi connectivity index (χ4v) is 2.48. The molecule has 1 aliphatic rings. The third-order valence-corrected chi connectivity index (χ3v) is 3.61. The molecule has 1 aliphatic carbocycles. The van der Waals surface area contributed by atoms with Gasteiger partial charge in [0.15, 0.2) is 11.6 Å². The number of hydrogen-bond acceptors (Lipinski definition) is 2. The minimum absolute atomic E-state index is 0.182. The van der Waals surface area contributed by atoms with Crippen LogP contribution in [0.3, 0.4) is 0 Å². The first kappa shape index (κ1) is 15.5. The summed E-state index contributed by atoms with van der Waals surface area (Å²) < 4.78 is 18.8. The Kier molecular flexibility index (Phi) is 5.78. The minimum Gasteiger partial charge on any atom is -0.491 e. The van der Waals surface area contributed by atoms with E-state index >= 15 is 0 Å². The summed E-state index contributed by atoms with van der Waals surface area (Å²) >= 11 is 0. The van der Waals surface area contributed by atoms with Crippen LogP contribution in [0, 0.1) is 5.82 Å². The molecule has 1 amide bonds. The van der Waals surface area contributed by atoms with Gasteiger partial charge in [-0.1, -0.05) is 11.6 Å². The predicted octanol–water partition coefficient (Wildman–Crippen LogP) is 3.84. The normalized spacial score (nSPS) is 14.5. The maximum atomic E-state index is 13.7. The Hall–Kier alpha value is -1.84. The highest BCUT2D eigenvalue weighted by Crippen LogP contribution is 2.20. The van der Waals surface area contributed by atoms with E-state index in [0.29, 0.717) is 18.7 Å². The molecule has 0 atom stereocenters. The molecule has 1 aromatic carbocycles. The molecule has 0 unspecified atom stereocenters. The van der Waals surface area contributed by atoms with Crippen molar-refractivity contribution in [3.63, 3.8) is 0 Å². The van der Waals surface area contributed by atoms with Gasteiger partial charge in [-0.25, -0.2) is 4.39 Å². The molecular formula is C17H22FNO2. The number of ether oxygens (including phenoxy) is 1. The van der Waals surface area contributed by atoms with Gasteiger partial charge in [0.1, 0.15) is 0 Å². The molecule has 0 bridgehead atoms. The second-order valence-corrected chi connectivity index (χ2v) is 5.19. The Morgan fingerprint density at radius 2 is 2.24 bits per heavy atom. The number of hydrogen-bond donors (Lipinski definition) is 1. The van der Waals surface area contributed by atoms with Crippen molar-refractivity contribution in [2.75, 3.05) is 13.2 Å². The Bertz CT molecular complexity index is 526. The smallest absolute Gasteiger partial charge is 0.251 e. The Morgan fingerprint density at radius 1 is 1.38 bits per heavy atom. The van der Waals surface area contributed by atoms with Crippen LogP contribution in [0.15, 0.2) is 29.8 Å². The number of carbonyl (C=O) groups is 1. The topological polar surface area (TPSA) is 38.3 Å². The molecule has 0 spiro atoms. The van der Waals surface area contributed by atoms with Crippen molar-refractivity contribution in [3.05, 3.63) is 41.2 Å². The third kappa shape index (κ3) is 4.59. The third-order valence-electron chi connectivity index (χ3n) is 3.61. The lowest BCUT2D eigenvalue weighted by Crippen LogP contribution is -2.25. The van der Waals surface area contributed by atoms with Crippen molar-refractivity contribution in [2.24, 2.45) is 0 Å². The van der Waals surface area contributed by atoms with E-state index in [1.807, 2.05) is 0 Å². The van der Waals surface area contributed by atoms with Gasteiger partial charge < -0.3 is 10.1 Å². The van der Waals surface area contributed by atoms with Gasteiger partial charge in [0.05, 0.1) is 6.61 Å². The summed E-state index contributed by atoms with van der Waals surface area (Å²) in [4.78, 5) is 12.0. The van der Waals surface area contributed by atoms with Gasteiger partial charge >= 0.3 is 0 Å². The van der Waals surface area contributed by atoms with Crippen LogP contribution in [0.5, 0.6) is 5.75 Å². The van der Waals surface area contributed by atoms with E-state index in [-0.39, 0.29) is 11.7 Å². The number of rotatable bonds is 6. The van der Waals surface area contributed by atoms with Gasteiger partial charge in [0.25, 0.3) is 5.91 Å². The van der Waals surface area contributed by atoms with Crippen LogP contribution in [-0.2, 0) is 0 Å². The lowest BCUT2D eigenvalue weighted by Gasteiger charge is -2.13. The van der Waals surface area contributed by atoms with Crippen molar-refractivity contribution < 1.29 is 13.9 Å². The largest absolute Gasteiger partial charge is 0.491 e. The second kappa shape index (κ2) is 7.81. The van der Waals surface area contributed by atoms with Crippen molar-refractivity contribution >= 4 is 5.91 Å². The molecule has 114 valence electrons. The first-order chi connectivity index (χ1) is 10.2. The molecular weight excluding hydrogens is 269 g/mol. The molecule has 2 rings (SSSR count). The van der Waals surface area contributed by atoms with Crippen molar-refractivity contribution in [3.8, 4) is 5.75 Å². The molecule has 0 saturated heterocycles. The van der Waals surface area contributed by atoms with Crippen LogP contribution < -0.4 is 10.1 Å². The van der Waals surface area contributed by atoms with Crippen LogP contribution in [0.1, 0.15) is 49.4 Å². The zero-order chi connectivity index (χ0) is 15.1.